The van der Waals surface area contributed by atoms with E-state index in [0.29, 0.717) is 0 Å². The number of hydrogen-bond acceptors (Lipinski definition) is 3. The minimum Gasteiger partial charge on any atom is -0.339 e. The molecule has 1 amide bonds. The van der Waals surface area contributed by atoms with Crippen molar-refractivity contribution in [2.24, 2.45) is 11.7 Å². The van der Waals surface area contributed by atoms with E-state index in [2.05, 4.69) is 4.90 Å². The smallest absolute Gasteiger partial charge is 0.239 e. The molecule has 0 bridgehead atoms. The monoisotopic (exact) mass is 325 g/mol. The molecule has 4 nitrogen and oxygen atoms in total. The van der Waals surface area contributed by atoms with Crippen LogP contribution in [0.3, 0.4) is 0 Å². The van der Waals surface area contributed by atoms with Crippen LogP contribution in [0.1, 0.15) is 39.5 Å². The molecule has 0 radical (unpaired) electrons. The van der Waals surface area contributed by atoms with E-state index in [1.165, 1.54) is 25.7 Å². The van der Waals surface area contributed by atoms with E-state index in [0.717, 1.165) is 32.2 Å². The lowest BCUT2D eigenvalue weighted by Crippen LogP contribution is -2.55. The molecule has 0 aromatic carbocycles. The fourth-order valence-electron chi connectivity index (χ4n) is 3.07. The molecular formula is C14H29Cl2N3O. The molecule has 1 aliphatic heterocycles. The van der Waals surface area contributed by atoms with Gasteiger partial charge in [-0.3, -0.25) is 9.69 Å². The molecule has 2 rings (SSSR count). The van der Waals surface area contributed by atoms with Gasteiger partial charge in [-0.1, -0.05) is 26.7 Å². The molecule has 0 aromatic heterocycles. The van der Waals surface area contributed by atoms with Crippen molar-refractivity contribution < 1.29 is 4.79 Å². The van der Waals surface area contributed by atoms with Gasteiger partial charge in [0.25, 0.3) is 0 Å². The molecule has 2 N–H and O–H groups in total. The third-order valence-electron chi connectivity index (χ3n) is 4.47. The van der Waals surface area contributed by atoms with E-state index in [1.807, 2.05) is 18.7 Å². The lowest BCUT2D eigenvalue weighted by molar-refractivity contribution is -0.135. The Morgan fingerprint density at radius 3 is 2.00 bits per heavy atom. The average Bonchev–Trinajstić information content (AvgIpc) is 2.91. The third kappa shape index (κ3) is 4.76. The van der Waals surface area contributed by atoms with E-state index in [9.17, 15) is 4.79 Å². The van der Waals surface area contributed by atoms with Crippen molar-refractivity contribution in [3.05, 3.63) is 0 Å². The average molecular weight is 326 g/mol. The van der Waals surface area contributed by atoms with Crippen LogP contribution < -0.4 is 5.73 Å². The second-order valence-electron chi connectivity index (χ2n) is 6.07. The maximum absolute atomic E-state index is 12.1. The molecule has 6 heteroatoms. The Labute approximate surface area is 135 Å². The molecule has 2 aliphatic rings. The van der Waals surface area contributed by atoms with Crippen molar-refractivity contribution in [3.8, 4) is 0 Å². The van der Waals surface area contributed by atoms with Crippen LogP contribution in [0.4, 0.5) is 0 Å². The van der Waals surface area contributed by atoms with Crippen LogP contribution in [0.5, 0.6) is 0 Å². The van der Waals surface area contributed by atoms with Gasteiger partial charge < -0.3 is 10.6 Å². The summed E-state index contributed by atoms with van der Waals surface area (Å²) in [5.41, 5.74) is 5.94. The minimum absolute atomic E-state index is 0. The van der Waals surface area contributed by atoms with Gasteiger partial charge in [0, 0.05) is 32.2 Å². The number of carbonyl (C=O) groups is 1. The summed E-state index contributed by atoms with van der Waals surface area (Å²) >= 11 is 0. The van der Waals surface area contributed by atoms with Crippen LogP contribution in [0.2, 0.25) is 0 Å². The van der Waals surface area contributed by atoms with Crippen molar-refractivity contribution >= 4 is 30.7 Å². The first-order valence-corrected chi connectivity index (χ1v) is 7.38. The van der Waals surface area contributed by atoms with Gasteiger partial charge in [-0.2, -0.15) is 0 Å². The highest BCUT2D eigenvalue weighted by atomic mass is 35.5. The highest BCUT2D eigenvalue weighted by Gasteiger charge is 2.30. The van der Waals surface area contributed by atoms with Gasteiger partial charge in [-0.15, -0.1) is 24.8 Å². The van der Waals surface area contributed by atoms with Crippen molar-refractivity contribution in [1.82, 2.24) is 9.80 Å². The Hall–Kier alpha value is -0.0300. The normalized spacial score (nSPS) is 22.3. The molecule has 1 saturated heterocycles. The lowest BCUT2D eigenvalue weighted by Gasteiger charge is -2.39. The zero-order chi connectivity index (χ0) is 13.1. The lowest BCUT2D eigenvalue weighted by atomic mass is 10.0. The van der Waals surface area contributed by atoms with Gasteiger partial charge in [0.15, 0.2) is 0 Å². The molecule has 1 unspecified atom stereocenters. The summed E-state index contributed by atoms with van der Waals surface area (Å²) in [5, 5.41) is 0. The number of halogens is 2. The molecule has 0 aromatic rings. The van der Waals surface area contributed by atoms with E-state index < -0.39 is 0 Å². The highest BCUT2D eigenvalue weighted by molar-refractivity contribution is 5.85. The van der Waals surface area contributed by atoms with Crippen LogP contribution >= 0.6 is 24.8 Å². The Bertz CT molecular complexity index is 288. The number of nitrogens with zero attached hydrogens (tertiary/aromatic N) is 2. The van der Waals surface area contributed by atoms with Crippen LogP contribution in [0.25, 0.3) is 0 Å². The summed E-state index contributed by atoms with van der Waals surface area (Å²) < 4.78 is 0. The molecule has 120 valence electrons. The Kier molecular flexibility index (Phi) is 9.07. The number of nitrogens with two attached hydrogens (primary N) is 1. The number of rotatable bonds is 3. The van der Waals surface area contributed by atoms with Gasteiger partial charge in [0.05, 0.1) is 6.04 Å². The number of amides is 1. The molecule has 1 heterocycles. The topological polar surface area (TPSA) is 49.6 Å². The maximum Gasteiger partial charge on any atom is 0.239 e. The zero-order valence-corrected chi connectivity index (χ0v) is 14.2. The molecule has 20 heavy (non-hydrogen) atoms. The predicted octanol–water partition coefficient (Wildman–Crippen LogP) is 1.90. The molecule has 0 spiro atoms. The van der Waals surface area contributed by atoms with E-state index in [-0.39, 0.29) is 42.7 Å². The summed E-state index contributed by atoms with van der Waals surface area (Å²) in [5.74, 6) is 0.362. The summed E-state index contributed by atoms with van der Waals surface area (Å²) in [7, 11) is 0. The van der Waals surface area contributed by atoms with Crippen molar-refractivity contribution in [2.45, 2.75) is 51.6 Å². The van der Waals surface area contributed by atoms with Crippen molar-refractivity contribution in [1.29, 1.82) is 0 Å². The molecule has 1 saturated carbocycles. The standard InChI is InChI=1S/C14H27N3O.2ClH/c1-11(2)13(15)14(18)17-9-7-16(8-10-17)12-5-3-4-6-12;;/h11-13H,3-10,15H2,1-2H3;2*1H. The number of piperazine rings is 1. The fourth-order valence-corrected chi connectivity index (χ4v) is 3.07. The number of hydrogen-bond donors (Lipinski definition) is 1. The van der Waals surface area contributed by atoms with Crippen molar-refractivity contribution in [3.63, 3.8) is 0 Å². The number of carbonyl (C=O) groups excluding carboxylic acids is 1. The van der Waals surface area contributed by atoms with E-state index >= 15 is 0 Å². The molecule has 1 aliphatic carbocycles. The zero-order valence-electron chi connectivity index (χ0n) is 12.6. The predicted molar refractivity (Wildman–Crippen MR) is 87.7 cm³/mol. The first kappa shape index (κ1) is 20.0. The van der Waals surface area contributed by atoms with Gasteiger partial charge in [-0.05, 0) is 18.8 Å². The molecule has 2 fully saturated rings. The summed E-state index contributed by atoms with van der Waals surface area (Å²) in [6, 6.07) is 0.448. The first-order valence-electron chi connectivity index (χ1n) is 7.38. The molecule has 1 atom stereocenters. The van der Waals surface area contributed by atoms with Gasteiger partial charge in [0.2, 0.25) is 5.91 Å². The Morgan fingerprint density at radius 2 is 1.55 bits per heavy atom. The largest absolute Gasteiger partial charge is 0.339 e. The molecular weight excluding hydrogens is 297 g/mol. The van der Waals surface area contributed by atoms with Crippen LogP contribution in [-0.4, -0.2) is 54.0 Å². The third-order valence-corrected chi connectivity index (χ3v) is 4.47. The van der Waals surface area contributed by atoms with Crippen LogP contribution in [0, 0.1) is 5.92 Å². The van der Waals surface area contributed by atoms with E-state index in [4.69, 9.17) is 5.73 Å². The highest BCUT2D eigenvalue weighted by Crippen LogP contribution is 2.24. The SMILES string of the molecule is CC(C)C(N)C(=O)N1CCN(C2CCCC2)CC1.Cl.Cl. The van der Waals surface area contributed by atoms with Gasteiger partial charge in [0.1, 0.15) is 0 Å². The summed E-state index contributed by atoms with van der Waals surface area (Å²) in [6.45, 7) is 7.79. The van der Waals surface area contributed by atoms with E-state index in [1.54, 1.807) is 0 Å². The Morgan fingerprint density at radius 1 is 1.05 bits per heavy atom. The van der Waals surface area contributed by atoms with Gasteiger partial charge in [-0.25, -0.2) is 0 Å². The second kappa shape index (κ2) is 9.08. The second-order valence-corrected chi connectivity index (χ2v) is 6.07. The fraction of sp³-hybridized carbons (Fsp3) is 0.929. The van der Waals surface area contributed by atoms with Crippen LogP contribution in [-0.2, 0) is 4.79 Å². The van der Waals surface area contributed by atoms with Crippen molar-refractivity contribution in [2.75, 3.05) is 26.2 Å². The Balaban J connectivity index is 0.00000180. The summed E-state index contributed by atoms with van der Waals surface area (Å²) in [4.78, 5) is 16.7. The van der Waals surface area contributed by atoms with Crippen LogP contribution in [0.15, 0.2) is 0 Å². The summed E-state index contributed by atoms with van der Waals surface area (Å²) in [6.07, 6.45) is 5.45. The maximum atomic E-state index is 12.1. The quantitative estimate of drug-likeness (QED) is 0.862. The first-order chi connectivity index (χ1) is 8.59. The minimum atomic E-state index is -0.331. The van der Waals surface area contributed by atoms with Gasteiger partial charge >= 0.3 is 0 Å².